The molecular weight excluding hydrogens is 256 g/mol. The van der Waals surface area contributed by atoms with E-state index in [4.69, 9.17) is 0 Å². The number of likely N-dealkylation sites (tertiary alicyclic amines) is 1. The fourth-order valence-electron chi connectivity index (χ4n) is 4.08. The zero-order valence-electron chi connectivity index (χ0n) is 11.9. The zero-order valence-corrected chi connectivity index (χ0v) is 11.9. The van der Waals surface area contributed by atoms with Gasteiger partial charge in [-0.3, -0.25) is 14.5 Å². The fourth-order valence-corrected chi connectivity index (χ4v) is 4.08. The van der Waals surface area contributed by atoms with Crippen LogP contribution < -0.4 is 5.32 Å². The third kappa shape index (κ3) is 2.43. The normalized spacial score (nSPS) is 33.7. The molecule has 3 aliphatic rings. The van der Waals surface area contributed by atoms with Crippen molar-refractivity contribution < 1.29 is 14.7 Å². The van der Waals surface area contributed by atoms with Crippen molar-refractivity contribution in [1.29, 1.82) is 0 Å². The van der Waals surface area contributed by atoms with Crippen LogP contribution in [0.4, 0.5) is 0 Å². The van der Waals surface area contributed by atoms with Crippen LogP contribution >= 0.6 is 0 Å². The van der Waals surface area contributed by atoms with Crippen molar-refractivity contribution in [1.82, 2.24) is 10.2 Å². The molecule has 0 aromatic heterocycles. The molecule has 5 nitrogen and oxygen atoms in total. The molecule has 0 aromatic rings. The van der Waals surface area contributed by atoms with Gasteiger partial charge in [-0.05, 0) is 37.5 Å². The number of nitrogens with one attached hydrogen (secondary N) is 1. The van der Waals surface area contributed by atoms with Gasteiger partial charge in [0.25, 0.3) is 0 Å². The quantitative estimate of drug-likeness (QED) is 0.791. The lowest BCUT2D eigenvalue weighted by molar-refractivity contribution is -0.149. The topological polar surface area (TPSA) is 69.6 Å². The number of carbonyl (C=O) groups excluding carboxylic acids is 1. The summed E-state index contributed by atoms with van der Waals surface area (Å²) in [4.78, 5) is 25.5. The molecule has 2 saturated carbocycles. The first-order valence-corrected chi connectivity index (χ1v) is 7.82. The van der Waals surface area contributed by atoms with Crippen molar-refractivity contribution in [3.63, 3.8) is 0 Å². The van der Waals surface area contributed by atoms with Crippen molar-refractivity contribution in [2.75, 3.05) is 26.2 Å². The maximum atomic E-state index is 11.9. The summed E-state index contributed by atoms with van der Waals surface area (Å²) in [5, 5.41) is 12.5. The summed E-state index contributed by atoms with van der Waals surface area (Å²) < 4.78 is 0. The highest BCUT2D eigenvalue weighted by Crippen LogP contribution is 2.48. The summed E-state index contributed by atoms with van der Waals surface area (Å²) in [7, 11) is 0. The van der Waals surface area contributed by atoms with Crippen molar-refractivity contribution in [2.24, 2.45) is 17.3 Å². The molecule has 0 bridgehead atoms. The smallest absolute Gasteiger partial charge is 0.311 e. The van der Waals surface area contributed by atoms with Crippen molar-refractivity contribution >= 4 is 11.9 Å². The van der Waals surface area contributed by atoms with Gasteiger partial charge >= 0.3 is 5.97 Å². The van der Waals surface area contributed by atoms with Gasteiger partial charge < -0.3 is 10.4 Å². The van der Waals surface area contributed by atoms with Gasteiger partial charge in [0.1, 0.15) is 0 Å². The van der Waals surface area contributed by atoms with E-state index in [-0.39, 0.29) is 11.8 Å². The van der Waals surface area contributed by atoms with E-state index in [1.807, 2.05) is 4.90 Å². The largest absolute Gasteiger partial charge is 0.481 e. The number of rotatable bonds is 5. The summed E-state index contributed by atoms with van der Waals surface area (Å²) in [6, 6.07) is 0. The lowest BCUT2D eigenvalue weighted by Crippen LogP contribution is -2.41. The van der Waals surface area contributed by atoms with Gasteiger partial charge in [-0.2, -0.15) is 0 Å². The average Bonchev–Trinajstić information content (AvgIpc) is 2.83. The third-order valence-electron chi connectivity index (χ3n) is 5.55. The van der Waals surface area contributed by atoms with Crippen LogP contribution in [-0.2, 0) is 9.59 Å². The predicted octanol–water partition coefficient (Wildman–Crippen LogP) is 1.09. The van der Waals surface area contributed by atoms with Gasteiger partial charge in [-0.1, -0.05) is 12.8 Å². The molecule has 2 aliphatic carbocycles. The van der Waals surface area contributed by atoms with E-state index < -0.39 is 11.4 Å². The molecule has 1 aliphatic heterocycles. The number of aliphatic carboxylic acids is 1. The maximum Gasteiger partial charge on any atom is 0.311 e. The van der Waals surface area contributed by atoms with Crippen LogP contribution in [0.2, 0.25) is 0 Å². The van der Waals surface area contributed by atoms with Crippen molar-refractivity contribution in [3.05, 3.63) is 0 Å². The highest BCUT2D eigenvalue weighted by molar-refractivity contribution is 5.79. The summed E-state index contributed by atoms with van der Waals surface area (Å²) in [5.74, 6) is 0.288. The standard InChI is InChI=1S/C15H24N2O3/c18-13(16-7-11-3-1-4-11)9-17-8-12-5-2-6-15(12,10-17)14(19)20/h11-12H,1-10H2,(H,16,18)(H,19,20)/t12-,15+/m0/s1. The Hall–Kier alpha value is -1.10. The number of nitrogens with zero attached hydrogens (tertiary/aromatic N) is 1. The number of hydrogen-bond acceptors (Lipinski definition) is 3. The molecule has 0 unspecified atom stereocenters. The maximum absolute atomic E-state index is 11.9. The molecule has 1 saturated heterocycles. The Morgan fingerprint density at radius 3 is 2.65 bits per heavy atom. The van der Waals surface area contributed by atoms with Crippen LogP contribution in [0.5, 0.6) is 0 Å². The molecule has 5 heteroatoms. The summed E-state index contributed by atoms with van der Waals surface area (Å²) >= 11 is 0. The summed E-state index contributed by atoms with van der Waals surface area (Å²) in [5.41, 5.74) is -0.575. The number of hydrogen-bond donors (Lipinski definition) is 2. The van der Waals surface area contributed by atoms with E-state index in [2.05, 4.69) is 5.32 Å². The zero-order chi connectivity index (χ0) is 14.2. The molecule has 0 radical (unpaired) electrons. The minimum Gasteiger partial charge on any atom is -0.481 e. The molecule has 2 N–H and O–H groups in total. The second-order valence-electron chi connectivity index (χ2n) is 6.82. The Bertz CT molecular complexity index is 408. The second kappa shape index (κ2) is 5.35. The minimum atomic E-state index is -0.669. The summed E-state index contributed by atoms with van der Waals surface area (Å²) in [6.07, 6.45) is 6.52. The van der Waals surface area contributed by atoms with E-state index in [0.717, 1.165) is 32.4 Å². The highest BCUT2D eigenvalue weighted by Gasteiger charge is 2.54. The summed E-state index contributed by atoms with van der Waals surface area (Å²) in [6.45, 7) is 2.46. The number of carboxylic acids is 1. The Morgan fingerprint density at radius 2 is 2.05 bits per heavy atom. The fraction of sp³-hybridized carbons (Fsp3) is 0.867. The molecule has 2 atom stereocenters. The van der Waals surface area contributed by atoms with Crippen molar-refractivity contribution in [3.8, 4) is 0 Å². The second-order valence-corrected chi connectivity index (χ2v) is 6.82. The van der Waals surface area contributed by atoms with Crippen LogP contribution in [0.3, 0.4) is 0 Å². The number of fused-ring (bicyclic) bond motifs is 1. The minimum absolute atomic E-state index is 0.0532. The Kier molecular flexibility index (Phi) is 3.71. The first kappa shape index (κ1) is 13.9. The molecule has 1 amide bonds. The molecule has 1 heterocycles. The van der Waals surface area contributed by atoms with Crippen LogP contribution in [-0.4, -0.2) is 48.1 Å². The lowest BCUT2D eigenvalue weighted by atomic mass is 9.81. The van der Waals surface area contributed by atoms with Gasteiger partial charge in [0.2, 0.25) is 5.91 Å². The van der Waals surface area contributed by atoms with Gasteiger partial charge in [0.15, 0.2) is 0 Å². The Labute approximate surface area is 119 Å². The van der Waals surface area contributed by atoms with E-state index in [1.165, 1.54) is 19.3 Å². The molecule has 3 fully saturated rings. The molecular formula is C15H24N2O3. The van der Waals surface area contributed by atoms with E-state index in [1.54, 1.807) is 0 Å². The molecule has 0 spiro atoms. The molecule has 20 heavy (non-hydrogen) atoms. The third-order valence-corrected chi connectivity index (χ3v) is 5.55. The van der Waals surface area contributed by atoms with Crippen LogP contribution in [0.15, 0.2) is 0 Å². The molecule has 3 rings (SSSR count). The Balaban J connectivity index is 1.49. The SMILES string of the molecule is O=C(CN1C[C@@H]2CCC[C@@]2(C(=O)O)C1)NCC1CCC1. The van der Waals surface area contributed by atoms with Gasteiger partial charge in [0.05, 0.1) is 12.0 Å². The van der Waals surface area contributed by atoms with Crippen molar-refractivity contribution in [2.45, 2.75) is 38.5 Å². The van der Waals surface area contributed by atoms with E-state index in [0.29, 0.717) is 19.0 Å². The monoisotopic (exact) mass is 280 g/mol. The predicted molar refractivity (Wildman–Crippen MR) is 74.2 cm³/mol. The Morgan fingerprint density at radius 1 is 1.25 bits per heavy atom. The van der Waals surface area contributed by atoms with Crippen LogP contribution in [0.1, 0.15) is 38.5 Å². The van der Waals surface area contributed by atoms with Gasteiger partial charge in [0, 0.05) is 19.6 Å². The first-order chi connectivity index (χ1) is 9.60. The van der Waals surface area contributed by atoms with Crippen LogP contribution in [0.25, 0.3) is 0 Å². The average molecular weight is 280 g/mol. The lowest BCUT2D eigenvalue weighted by Gasteiger charge is -2.26. The molecule has 0 aromatic carbocycles. The highest BCUT2D eigenvalue weighted by atomic mass is 16.4. The van der Waals surface area contributed by atoms with Crippen LogP contribution in [0, 0.1) is 17.3 Å². The first-order valence-electron chi connectivity index (χ1n) is 7.82. The number of carboxylic acid groups (broad SMARTS) is 1. The van der Waals surface area contributed by atoms with E-state index >= 15 is 0 Å². The molecule has 112 valence electrons. The number of carbonyl (C=O) groups is 2. The van der Waals surface area contributed by atoms with Gasteiger partial charge in [-0.15, -0.1) is 0 Å². The number of amides is 1. The van der Waals surface area contributed by atoms with E-state index in [9.17, 15) is 14.7 Å². The van der Waals surface area contributed by atoms with Gasteiger partial charge in [-0.25, -0.2) is 0 Å².